The van der Waals surface area contributed by atoms with E-state index in [1.54, 1.807) is 78.9 Å². The Morgan fingerprint density at radius 3 is 1.27 bits per heavy atom. The number of rotatable bonds is 49. The summed E-state index contributed by atoms with van der Waals surface area (Å²) >= 11 is 0. The van der Waals surface area contributed by atoms with E-state index in [9.17, 15) is 67.4 Å². The Morgan fingerprint density at radius 2 is 0.780 bits per heavy atom. The second kappa shape index (κ2) is 46.3. The second-order valence-corrected chi connectivity index (χ2v) is 27.3. The van der Waals surface area contributed by atoms with E-state index in [4.69, 9.17) is 40.1 Å². The first-order chi connectivity index (χ1) is 52.0. The Kier molecular flexibility index (Phi) is 37.6. The topological polar surface area (TPSA) is 574 Å². The quantitative estimate of drug-likeness (QED) is 0.0177. The van der Waals surface area contributed by atoms with Crippen LogP contribution in [0.5, 0.6) is 0 Å². The van der Waals surface area contributed by atoms with E-state index in [-0.39, 0.29) is 64.0 Å². The molecule has 0 unspecified atom stereocenters. The van der Waals surface area contributed by atoms with E-state index < -0.39 is 182 Å². The normalized spacial score (nSPS) is 14.2. The van der Waals surface area contributed by atoms with Crippen molar-refractivity contribution in [2.24, 2.45) is 46.1 Å². The average molecular weight is 1510 g/mol. The highest BCUT2D eigenvalue weighted by atomic mass is 16.3. The number of hydrogen-bond donors (Lipinski definition) is 19. The molecule has 11 atom stereocenters. The van der Waals surface area contributed by atoms with Gasteiger partial charge >= 0.3 is 0 Å². The van der Waals surface area contributed by atoms with E-state index in [1.807, 2.05) is 50.2 Å². The van der Waals surface area contributed by atoms with Crippen LogP contribution in [0.2, 0.25) is 0 Å². The largest absolute Gasteiger partial charge is 0.394 e. The monoisotopic (exact) mass is 1510 g/mol. The molecule has 5 aromatic carbocycles. The summed E-state index contributed by atoms with van der Waals surface area (Å²) in [7, 11) is 0. The number of carbonyl (C=O) groups is 14. The predicted octanol–water partition coefficient (Wildman–Crippen LogP) is -2.62. The van der Waals surface area contributed by atoms with Crippen LogP contribution in [-0.2, 0) is 86.4 Å². The molecular formula is C76H108N18O15. The Hall–Kier alpha value is -11.0. The number of fused-ring (bicyclic) bond motifs is 2. The number of aliphatic hydroxyl groups excluding tert-OH is 1. The lowest BCUT2D eigenvalue weighted by atomic mass is 9.97. The van der Waals surface area contributed by atoms with Crippen molar-refractivity contribution in [1.29, 1.82) is 0 Å². The fourth-order valence-corrected chi connectivity index (χ4v) is 12.0. The number of nitrogens with one attached hydrogen (secondary N) is 11. The lowest BCUT2D eigenvalue weighted by molar-refractivity contribution is -0.136. The molecule has 0 saturated heterocycles. The fourth-order valence-electron chi connectivity index (χ4n) is 12.0. The highest BCUT2D eigenvalue weighted by molar-refractivity contribution is 6.01. The number of benzene rings is 5. The number of unbranched alkanes of at least 4 members (excludes halogenated alkanes) is 3. The van der Waals surface area contributed by atoms with Crippen LogP contribution in [0.15, 0.2) is 115 Å². The van der Waals surface area contributed by atoms with Gasteiger partial charge in [-0.1, -0.05) is 136 Å². The van der Waals surface area contributed by atoms with Gasteiger partial charge in [0, 0.05) is 25.7 Å². The minimum Gasteiger partial charge on any atom is -0.394 e. The molecule has 0 saturated carbocycles. The summed E-state index contributed by atoms with van der Waals surface area (Å²) in [6, 6.07) is 17.5. The highest BCUT2D eigenvalue weighted by Crippen LogP contribution is 2.23. The lowest BCUT2D eigenvalue weighted by Gasteiger charge is -2.28. The maximum absolute atomic E-state index is 15.0. The molecule has 0 spiro atoms. The van der Waals surface area contributed by atoms with Crippen molar-refractivity contribution in [1.82, 2.24) is 58.5 Å². The Balaban J connectivity index is 1.43. The van der Waals surface area contributed by atoms with Crippen LogP contribution in [0, 0.1) is 5.92 Å². The second-order valence-electron chi connectivity index (χ2n) is 27.3. The van der Waals surface area contributed by atoms with Gasteiger partial charge in [-0.2, -0.15) is 0 Å². The molecule has 33 heteroatoms. The first-order valence-electron chi connectivity index (χ1n) is 36.7. The lowest BCUT2D eigenvalue weighted by Crippen LogP contribution is -2.61. The molecule has 0 aliphatic carbocycles. The molecule has 0 bridgehead atoms. The van der Waals surface area contributed by atoms with Crippen molar-refractivity contribution in [3.05, 3.63) is 132 Å². The van der Waals surface area contributed by atoms with Gasteiger partial charge in [0.2, 0.25) is 82.7 Å². The third kappa shape index (κ3) is 30.3. The summed E-state index contributed by atoms with van der Waals surface area (Å²) in [5.41, 5.74) is 41.7. The summed E-state index contributed by atoms with van der Waals surface area (Å²) in [4.78, 5) is 194. The van der Waals surface area contributed by atoms with E-state index >= 15 is 4.79 Å². The van der Waals surface area contributed by atoms with Crippen molar-refractivity contribution in [2.45, 2.75) is 190 Å². The van der Waals surface area contributed by atoms with Gasteiger partial charge < -0.3 is 104 Å². The first kappa shape index (κ1) is 88.6. The van der Waals surface area contributed by atoms with Crippen LogP contribution in [0.4, 0.5) is 0 Å². The van der Waals surface area contributed by atoms with Crippen molar-refractivity contribution < 1.29 is 72.2 Å². The fraction of sp³-hybridized carbons (Fsp3) is 0.474. The molecule has 592 valence electrons. The number of nitrogens with two attached hydrogens (primary N) is 7. The van der Waals surface area contributed by atoms with Crippen molar-refractivity contribution in [3.8, 4) is 0 Å². The van der Waals surface area contributed by atoms with E-state index in [2.05, 4.69) is 58.5 Å². The van der Waals surface area contributed by atoms with Crippen LogP contribution < -0.4 is 98.6 Å². The van der Waals surface area contributed by atoms with Crippen molar-refractivity contribution >= 4 is 104 Å². The van der Waals surface area contributed by atoms with Crippen LogP contribution in [0.3, 0.4) is 0 Å². The summed E-state index contributed by atoms with van der Waals surface area (Å²) in [5, 5.41) is 40.9. The molecule has 0 heterocycles. The first-order valence-corrected chi connectivity index (χ1v) is 36.7. The van der Waals surface area contributed by atoms with E-state index in [0.29, 0.717) is 67.1 Å². The zero-order chi connectivity index (χ0) is 80.1. The third-order valence-corrected chi connectivity index (χ3v) is 18.0. The zero-order valence-electron chi connectivity index (χ0n) is 62.0. The number of primary amides is 3. The molecule has 0 aliphatic rings. The maximum Gasteiger partial charge on any atom is 0.243 e. The molecule has 109 heavy (non-hydrogen) atoms. The Morgan fingerprint density at radius 1 is 0.376 bits per heavy atom. The molecular weight excluding hydrogens is 1400 g/mol. The van der Waals surface area contributed by atoms with Crippen LogP contribution in [-0.4, -0.2) is 187 Å². The van der Waals surface area contributed by atoms with Crippen molar-refractivity contribution in [2.75, 3.05) is 32.8 Å². The molecule has 26 N–H and O–H groups in total. The van der Waals surface area contributed by atoms with Gasteiger partial charge in [0.15, 0.2) is 0 Å². The Labute approximate surface area is 633 Å². The molecule has 0 radical (unpaired) electrons. The van der Waals surface area contributed by atoms with Gasteiger partial charge in [-0.15, -0.1) is 0 Å². The van der Waals surface area contributed by atoms with E-state index in [1.165, 1.54) is 6.92 Å². The standard InChI is InChI=1S/C76H108N18O15/c1-44(2)37-57(90-68(101)53(80)29-11-14-34-77)72(105)91-58(38-46-19-5-4-6-20-46)73(106)94-61(41-64(82)97)76(109)93-60(40-50-26-18-24-48-22-8-10-28-52(48)50)75(108)89-56(32-33-63(81)96)70(103)85-45(3)67(100)87-55(31-13-16-36-79)71(104)92-59(39-49-25-17-23-47-21-7-9-27-51(47)49)74(107)88-54(30-12-15-35-78)69(102)84-42-65(98)86-62(43-95)66(83)99/h4-10,17-28,44-45,53-62,95H,11-16,29-43,77-80H2,1-3H3,(H2,81,96)(H2,82,97)(H2,83,99)(H,84,102)(H,85,103)(H,86,98)(H,87,100)(H,88,107)(H,89,108)(H,90,101)(H,91,105)(H,92,104)(H,93,109)(H,94,106)/t45-,53+,54-,55-,56-,57+,58-,59-,60-,61-,62+/m0/s1. The van der Waals surface area contributed by atoms with Crippen molar-refractivity contribution in [3.63, 3.8) is 0 Å². The molecule has 0 aliphatic heterocycles. The summed E-state index contributed by atoms with van der Waals surface area (Å²) < 4.78 is 0. The third-order valence-electron chi connectivity index (χ3n) is 18.0. The predicted molar refractivity (Wildman–Crippen MR) is 408 cm³/mol. The highest BCUT2D eigenvalue weighted by Gasteiger charge is 2.37. The average Bonchev–Trinajstić information content (AvgIpc) is 0.821. The van der Waals surface area contributed by atoms with Crippen LogP contribution in [0.25, 0.3) is 21.5 Å². The van der Waals surface area contributed by atoms with Gasteiger partial charge in [0.25, 0.3) is 0 Å². The molecule has 14 amide bonds. The number of amides is 14. The minimum atomic E-state index is -1.82. The van der Waals surface area contributed by atoms with Gasteiger partial charge in [0.05, 0.1) is 25.6 Å². The maximum atomic E-state index is 15.0. The van der Waals surface area contributed by atoms with Crippen LogP contribution >= 0.6 is 0 Å². The molecule has 33 nitrogen and oxygen atoms in total. The smallest absolute Gasteiger partial charge is 0.243 e. The number of aliphatic hydroxyl groups is 1. The summed E-state index contributed by atoms with van der Waals surface area (Å²) in [5.74, 6) is -13.0. The minimum absolute atomic E-state index is 0.0168. The van der Waals surface area contributed by atoms with Gasteiger partial charge in [0.1, 0.15) is 60.4 Å². The molecule has 0 fully saturated rings. The zero-order valence-corrected chi connectivity index (χ0v) is 62.0. The van der Waals surface area contributed by atoms with Gasteiger partial charge in [-0.3, -0.25) is 67.1 Å². The van der Waals surface area contributed by atoms with Gasteiger partial charge in [-0.05, 0) is 135 Å². The molecule has 0 aromatic heterocycles. The van der Waals surface area contributed by atoms with Crippen LogP contribution in [0.1, 0.15) is 121 Å². The van der Waals surface area contributed by atoms with Gasteiger partial charge in [-0.25, -0.2) is 0 Å². The number of carbonyl (C=O) groups excluding carboxylic acids is 14. The van der Waals surface area contributed by atoms with E-state index in [0.717, 1.165) is 16.2 Å². The summed E-state index contributed by atoms with van der Waals surface area (Å²) in [6.45, 7) is 4.24. The Bertz CT molecular complexity index is 3910. The molecule has 5 rings (SSSR count). The summed E-state index contributed by atoms with van der Waals surface area (Å²) in [6.07, 6.45) is 0.540. The number of hydrogen-bond acceptors (Lipinski definition) is 19. The SMILES string of the molecule is CC(C)C[C@@H](NC(=O)[C@H](N)CCCCN)C(=O)N[C@@H](Cc1ccccc1)C(=O)N[C@@H](CC(N)=O)C(=O)N[C@@H](Cc1cccc2ccccc12)C(=O)N[C@@H](CCC(N)=O)C(=O)N[C@@H](C)C(=O)N[C@@H](CCCCN)C(=O)N[C@@H](Cc1cccc2ccccc12)C(=O)N[C@@H](CCCCN)C(=O)NCC(=O)N[C@H](CO)C(N)=O. The molecule has 5 aromatic rings.